The molecule has 0 aliphatic rings. The highest BCUT2D eigenvalue weighted by Crippen LogP contribution is 2.15. The van der Waals surface area contributed by atoms with Crippen molar-refractivity contribution < 1.29 is 9.53 Å². The van der Waals surface area contributed by atoms with Crippen molar-refractivity contribution in [2.45, 2.75) is 0 Å². The predicted molar refractivity (Wildman–Crippen MR) is 87.3 cm³/mol. The van der Waals surface area contributed by atoms with E-state index in [0.29, 0.717) is 21.9 Å². The monoisotopic (exact) mass is 312 g/mol. The van der Waals surface area contributed by atoms with Gasteiger partial charge in [0.15, 0.2) is 0 Å². The summed E-state index contributed by atoms with van der Waals surface area (Å²) in [5, 5.41) is 4.49. The van der Waals surface area contributed by atoms with Crippen molar-refractivity contribution in [3.8, 4) is 18.1 Å². The van der Waals surface area contributed by atoms with Crippen LogP contribution in [0.1, 0.15) is 15.9 Å². The lowest BCUT2D eigenvalue weighted by atomic mass is 10.2. The second-order valence-corrected chi connectivity index (χ2v) is 4.67. The molecule has 22 heavy (non-hydrogen) atoms. The van der Waals surface area contributed by atoms with Crippen molar-refractivity contribution in [3.05, 3.63) is 64.7 Å². The molecule has 0 aliphatic carbocycles. The predicted octanol–water partition coefficient (Wildman–Crippen LogP) is 3.12. The van der Waals surface area contributed by atoms with E-state index in [2.05, 4.69) is 16.4 Å². The largest absolute Gasteiger partial charge is 0.480 e. The zero-order valence-corrected chi connectivity index (χ0v) is 12.4. The summed E-state index contributed by atoms with van der Waals surface area (Å²) in [6.07, 6.45) is 6.67. The van der Waals surface area contributed by atoms with Crippen molar-refractivity contribution >= 4 is 23.7 Å². The minimum Gasteiger partial charge on any atom is -0.480 e. The molecule has 110 valence electrons. The summed E-state index contributed by atoms with van der Waals surface area (Å²) in [6, 6.07) is 13.8. The van der Waals surface area contributed by atoms with Gasteiger partial charge < -0.3 is 4.74 Å². The number of amides is 1. The Balaban J connectivity index is 2.02. The number of nitrogens with zero attached hydrogens (tertiary/aromatic N) is 1. The van der Waals surface area contributed by atoms with Gasteiger partial charge in [-0.15, -0.1) is 6.42 Å². The number of halogens is 1. The van der Waals surface area contributed by atoms with E-state index >= 15 is 0 Å². The minimum atomic E-state index is -0.324. The fourth-order valence-corrected chi connectivity index (χ4v) is 1.79. The summed E-state index contributed by atoms with van der Waals surface area (Å²) in [7, 11) is 0. The van der Waals surface area contributed by atoms with Gasteiger partial charge in [0, 0.05) is 16.1 Å². The Hall–Kier alpha value is -2.77. The maximum atomic E-state index is 11.9. The van der Waals surface area contributed by atoms with E-state index in [9.17, 15) is 4.79 Å². The number of rotatable bonds is 5. The first kappa shape index (κ1) is 15.6. The number of para-hydroxylation sites is 1. The first-order valence-corrected chi connectivity index (χ1v) is 6.83. The fraction of sp³-hybridized carbons (Fsp3) is 0.0588. The number of benzene rings is 2. The van der Waals surface area contributed by atoms with Crippen molar-refractivity contribution in [3.63, 3.8) is 0 Å². The fourth-order valence-electron chi connectivity index (χ4n) is 1.66. The number of hydrogen-bond donors (Lipinski definition) is 1. The molecule has 1 N–H and O–H groups in total. The molecule has 0 aliphatic heterocycles. The average Bonchev–Trinajstić information content (AvgIpc) is 2.54. The van der Waals surface area contributed by atoms with Crippen LogP contribution in [-0.4, -0.2) is 18.7 Å². The number of carbonyl (C=O) groups is 1. The molecular weight excluding hydrogens is 300 g/mol. The first-order chi connectivity index (χ1) is 10.7. The van der Waals surface area contributed by atoms with Gasteiger partial charge in [-0.2, -0.15) is 5.10 Å². The van der Waals surface area contributed by atoms with Crippen LogP contribution in [0.5, 0.6) is 5.75 Å². The summed E-state index contributed by atoms with van der Waals surface area (Å²) >= 11 is 5.77. The highest BCUT2D eigenvalue weighted by atomic mass is 35.5. The van der Waals surface area contributed by atoms with E-state index in [-0.39, 0.29) is 12.5 Å². The van der Waals surface area contributed by atoms with Crippen molar-refractivity contribution in [1.29, 1.82) is 0 Å². The lowest BCUT2D eigenvalue weighted by Crippen LogP contribution is -2.17. The normalized spacial score (nSPS) is 10.2. The maximum Gasteiger partial charge on any atom is 0.271 e. The number of hydrogen-bond acceptors (Lipinski definition) is 3. The SMILES string of the molecule is C#CCOc1ccccc1C=NNC(=O)c1ccc(Cl)cc1. The molecule has 0 fully saturated rings. The van der Waals surface area contributed by atoms with Crippen LogP contribution < -0.4 is 10.2 Å². The van der Waals surface area contributed by atoms with Crippen molar-refractivity contribution in [2.75, 3.05) is 6.61 Å². The average molecular weight is 313 g/mol. The molecule has 1 amide bonds. The second kappa shape index (κ2) is 7.87. The van der Waals surface area contributed by atoms with E-state index in [1.807, 2.05) is 18.2 Å². The van der Waals surface area contributed by atoms with Gasteiger partial charge >= 0.3 is 0 Å². The topological polar surface area (TPSA) is 50.7 Å². The molecule has 4 nitrogen and oxygen atoms in total. The Kier molecular flexibility index (Phi) is 5.58. The molecule has 0 spiro atoms. The third-order valence-corrected chi connectivity index (χ3v) is 2.96. The molecule has 0 saturated heterocycles. The van der Waals surface area contributed by atoms with Gasteiger partial charge in [-0.3, -0.25) is 4.79 Å². The Morgan fingerprint density at radius 2 is 2.00 bits per heavy atom. The molecule has 2 aromatic rings. The highest BCUT2D eigenvalue weighted by molar-refractivity contribution is 6.30. The van der Waals surface area contributed by atoms with Gasteiger partial charge in [0.2, 0.25) is 0 Å². The van der Waals surface area contributed by atoms with E-state index in [0.717, 1.165) is 0 Å². The number of ether oxygens (including phenoxy) is 1. The molecule has 0 atom stereocenters. The summed E-state index contributed by atoms with van der Waals surface area (Å²) in [5.41, 5.74) is 3.63. The zero-order valence-electron chi connectivity index (χ0n) is 11.6. The van der Waals surface area contributed by atoms with E-state index in [1.165, 1.54) is 6.21 Å². The van der Waals surface area contributed by atoms with Crippen molar-refractivity contribution in [1.82, 2.24) is 5.43 Å². The van der Waals surface area contributed by atoms with Gasteiger partial charge in [-0.25, -0.2) is 5.43 Å². The minimum absolute atomic E-state index is 0.169. The summed E-state index contributed by atoms with van der Waals surface area (Å²) in [6.45, 7) is 0.169. The van der Waals surface area contributed by atoms with Crippen LogP contribution in [0.3, 0.4) is 0 Å². The van der Waals surface area contributed by atoms with E-state index in [4.69, 9.17) is 22.8 Å². The number of carbonyl (C=O) groups excluding carboxylic acids is 1. The van der Waals surface area contributed by atoms with Crippen molar-refractivity contribution in [2.24, 2.45) is 5.10 Å². The molecule has 0 unspecified atom stereocenters. The Morgan fingerprint density at radius 1 is 1.27 bits per heavy atom. The molecular formula is C17H13ClN2O2. The van der Waals surface area contributed by atoms with Gasteiger partial charge in [0.25, 0.3) is 5.91 Å². The van der Waals surface area contributed by atoms with Gasteiger partial charge in [-0.1, -0.05) is 29.7 Å². The number of terminal acetylenes is 1. The second-order valence-electron chi connectivity index (χ2n) is 4.24. The summed E-state index contributed by atoms with van der Waals surface area (Å²) in [5.74, 6) is 2.67. The molecule has 0 bridgehead atoms. The van der Waals surface area contributed by atoms with Crippen LogP contribution >= 0.6 is 11.6 Å². The molecule has 0 saturated carbocycles. The Labute approximate surface area is 133 Å². The Morgan fingerprint density at radius 3 is 2.73 bits per heavy atom. The lowest BCUT2D eigenvalue weighted by Gasteiger charge is -2.05. The van der Waals surface area contributed by atoms with E-state index < -0.39 is 0 Å². The third kappa shape index (κ3) is 4.37. The first-order valence-electron chi connectivity index (χ1n) is 6.45. The molecule has 5 heteroatoms. The van der Waals surface area contributed by atoms with Crippen LogP contribution in [0, 0.1) is 12.3 Å². The van der Waals surface area contributed by atoms with Crippen LogP contribution in [-0.2, 0) is 0 Å². The smallest absolute Gasteiger partial charge is 0.271 e. The number of nitrogens with one attached hydrogen (secondary N) is 1. The van der Waals surface area contributed by atoms with E-state index in [1.54, 1.807) is 30.3 Å². The zero-order chi connectivity index (χ0) is 15.8. The Bertz CT molecular complexity index is 718. The van der Waals surface area contributed by atoms with Crippen LogP contribution in [0.2, 0.25) is 5.02 Å². The lowest BCUT2D eigenvalue weighted by molar-refractivity contribution is 0.0955. The maximum absolute atomic E-state index is 11.9. The summed E-state index contributed by atoms with van der Waals surface area (Å²) < 4.78 is 5.39. The molecule has 0 heterocycles. The van der Waals surface area contributed by atoms with Crippen LogP contribution in [0.25, 0.3) is 0 Å². The van der Waals surface area contributed by atoms with Gasteiger partial charge in [0.05, 0.1) is 6.21 Å². The number of hydrazone groups is 1. The molecule has 2 rings (SSSR count). The molecule has 0 aromatic heterocycles. The van der Waals surface area contributed by atoms with Crippen LogP contribution in [0.15, 0.2) is 53.6 Å². The molecule has 2 aromatic carbocycles. The third-order valence-electron chi connectivity index (χ3n) is 2.71. The van der Waals surface area contributed by atoms with Crippen LogP contribution in [0.4, 0.5) is 0 Å². The van der Waals surface area contributed by atoms with Gasteiger partial charge in [0.1, 0.15) is 12.4 Å². The molecule has 0 radical (unpaired) electrons. The quantitative estimate of drug-likeness (QED) is 0.524. The summed E-state index contributed by atoms with van der Waals surface area (Å²) in [4.78, 5) is 11.9. The van der Waals surface area contributed by atoms with Gasteiger partial charge in [-0.05, 0) is 36.4 Å². The highest BCUT2D eigenvalue weighted by Gasteiger charge is 2.04. The standard InChI is InChI=1S/C17H13ClN2O2/c1-2-11-22-16-6-4-3-5-14(16)12-19-20-17(21)13-7-9-15(18)10-8-13/h1,3-10,12H,11H2,(H,20,21).